The topological polar surface area (TPSA) is 73.8 Å². The van der Waals surface area contributed by atoms with Gasteiger partial charge in [-0.15, -0.1) is 0 Å². The fourth-order valence-corrected chi connectivity index (χ4v) is 5.15. The van der Waals surface area contributed by atoms with Crippen molar-refractivity contribution in [3.63, 3.8) is 0 Å². The number of piperidine rings is 1. The average molecular weight is 449 g/mol. The van der Waals surface area contributed by atoms with E-state index in [0.29, 0.717) is 0 Å². The van der Waals surface area contributed by atoms with Crippen LogP contribution in [-0.4, -0.2) is 70.6 Å². The summed E-state index contributed by atoms with van der Waals surface area (Å²) in [7, 11) is 3.92. The van der Waals surface area contributed by atoms with Crippen molar-refractivity contribution >= 4 is 17.7 Å². The highest BCUT2D eigenvalue weighted by molar-refractivity contribution is 6.10. The standard InChI is InChI=1S/C26H32N4O3/c1-19-6-4-5-7-22(19)26(16-23(31)29(3)21-10-14-28(2)15-11-21)17-24(32)30(25(26)33)18-20-8-12-27-13-9-20/h4-9,12-13,21H,10-11,14-18H2,1-3H3/t26-/m0/s1. The summed E-state index contributed by atoms with van der Waals surface area (Å²) in [4.78, 5) is 49.9. The van der Waals surface area contributed by atoms with Crippen LogP contribution in [-0.2, 0) is 26.3 Å². The molecule has 1 aromatic heterocycles. The van der Waals surface area contributed by atoms with E-state index in [9.17, 15) is 14.4 Å². The summed E-state index contributed by atoms with van der Waals surface area (Å²) in [5.41, 5.74) is 1.35. The Morgan fingerprint density at radius 1 is 1.12 bits per heavy atom. The van der Waals surface area contributed by atoms with Gasteiger partial charge in [0, 0.05) is 38.3 Å². The van der Waals surface area contributed by atoms with Crippen molar-refractivity contribution in [1.82, 2.24) is 19.7 Å². The van der Waals surface area contributed by atoms with Gasteiger partial charge >= 0.3 is 0 Å². The Morgan fingerprint density at radius 3 is 2.45 bits per heavy atom. The first-order valence-electron chi connectivity index (χ1n) is 11.6. The van der Waals surface area contributed by atoms with Gasteiger partial charge in [-0.25, -0.2) is 0 Å². The van der Waals surface area contributed by atoms with Gasteiger partial charge in [0.25, 0.3) is 0 Å². The predicted molar refractivity (Wildman–Crippen MR) is 125 cm³/mol. The molecule has 2 aromatic rings. The van der Waals surface area contributed by atoms with Crippen LogP contribution in [0.25, 0.3) is 0 Å². The fraction of sp³-hybridized carbons (Fsp3) is 0.462. The molecule has 2 saturated heterocycles. The third kappa shape index (κ3) is 4.55. The van der Waals surface area contributed by atoms with Gasteiger partial charge in [-0.05, 0) is 68.7 Å². The van der Waals surface area contributed by atoms with E-state index in [1.165, 1.54) is 4.90 Å². The van der Waals surface area contributed by atoms with E-state index in [1.54, 1.807) is 29.4 Å². The smallest absolute Gasteiger partial charge is 0.241 e. The van der Waals surface area contributed by atoms with E-state index in [-0.39, 0.29) is 43.1 Å². The summed E-state index contributed by atoms with van der Waals surface area (Å²) in [5.74, 6) is -0.613. The molecule has 3 heterocycles. The van der Waals surface area contributed by atoms with Crippen LogP contribution in [0.1, 0.15) is 42.4 Å². The van der Waals surface area contributed by atoms with Gasteiger partial charge in [-0.2, -0.15) is 0 Å². The zero-order valence-corrected chi connectivity index (χ0v) is 19.7. The predicted octanol–water partition coefficient (Wildman–Crippen LogP) is 2.53. The van der Waals surface area contributed by atoms with E-state index >= 15 is 0 Å². The first kappa shape index (κ1) is 23.1. The Labute approximate surface area is 195 Å². The molecule has 1 atom stereocenters. The van der Waals surface area contributed by atoms with Crippen molar-refractivity contribution in [2.24, 2.45) is 0 Å². The lowest BCUT2D eigenvalue weighted by Crippen LogP contribution is -2.48. The van der Waals surface area contributed by atoms with Crippen molar-refractivity contribution in [1.29, 1.82) is 0 Å². The molecular weight excluding hydrogens is 416 g/mol. The molecular formula is C26H32N4O3. The lowest BCUT2D eigenvalue weighted by Gasteiger charge is -2.37. The molecule has 0 aliphatic carbocycles. The summed E-state index contributed by atoms with van der Waals surface area (Å²) in [6, 6.07) is 11.4. The van der Waals surface area contributed by atoms with Crippen molar-refractivity contribution in [2.75, 3.05) is 27.2 Å². The van der Waals surface area contributed by atoms with E-state index < -0.39 is 5.41 Å². The van der Waals surface area contributed by atoms with Gasteiger partial charge in [0.05, 0.1) is 12.0 Å². The van der Waals surface area contributed by atoms with Crippen LogP contribution in [0.2, 0.25) is 0 Å². The largest absolute Gasteiger partial charge is 0.343 e. The molecule has 33 heavy (non-hydrogen) atoms. The fourth-order valence-electron chi connectivity index (χ4n) is 5.15. The second-order valence-electron chi connectivity index (χ2n) is 9.43. The molecule has 2 fully saturated rings. The number of imide groups is 1. The SMILES string of the molecule is Cc1ccccc1[C@]1(CC(=O)N(C)C2CCN(C)CC2)CC(=O)N(Cc2ccncc2)C1=O. The zero-order chi connectivity index (χ0) is 23.6. The number of carbonyl (C=O) groups is 3. The van der Waals surface area contributed by atoms with Crippen molar-refractivity contribution in [3.8, 4) is 0 Å². The maximum Gasteiger partial charge on any atom is 0.241 e. The van der Waals surface area contributed by atoms with E-state index in [0.717, 1.165) is 42.6 Å². The zero-order valence-electron chi connectivity index (χ0n) is 19.7. The van der Waals surface area contributed by atoms with Crippen LogP contribution in [0.5, 0.6) is 0 Å². The van der Waals surface area contributed by atoms with Crippen LogP contribution in [0.4, 0.5) is 0 Å². The first-order chi connectivity index (χ1) is 15.8. The molecule has 1 aromatic carbocycles. The lowest BCUT2D eigenvalue weighted by molar-refractivity contribution is -0.143. The maximum absolute atomic E-state index is 13.9. The van der Waals surface area contributed by atoms with Gasteiger partial charge in [0.1, 0.15) is 0 Å². The molecule has 0 spiro atoms. The summed E-state index contributed by atoms with van der Waals surface area (Å²) in [6.45, 7) is 4.02. The quantitative estimate of drug-likeness (QED) is 0.635. The van der Waals surface area contributed by atoms with Gasteiger partial charge in [-0.1, -0.05) is 24.3 Å². The minimum absolute atomic E-state index is 0.00187. The Kier molecular flexibility index (Phi) is 6.61. The Balaban J connectivity index is 1.64. The van der Waals surface area contributed by atoms with Crippen LogP contribution in [0, 0.1) is 6.92 Å². The minimum atomic E-state index is -1.17. The highest BCUT2D eigenvalue weighted by atomic mass is 16.2. The van der Waals surface area contributed by atoms with E-state index in [4.69, 9.17) is 0 Å². The molecule has 7 heteroatoms. The normalized spacial score (nSPS) is 22.1. The van der Waals surface area contributed by atoms with Crippen LogP contribution in [0.15, 0.2) is 48.8 Å². The number of pyridine rings is 1. The molecule has 4 rings (SSSR count). The minimum Gasteiger partial charge on any atom is -0.343 e. The highest BCUT2D eigenvalue weighted by Crippen LogP contribution is 2.42. The molecule has 3 amide bonds. The molecule has 174 valence electrons. The molecule has 0 N–H and O–H groups in total. The van der Waals surface area contributed by atoms with Crippen LogP contribution < -0.4 is 0 Å². The summed E-state index contributed by atoms with van der Waals surface area (Å²) >= 11 is 0. The van der Waals surface area contributed by atoms with Gasteiger partial charge in [-0.3, -0.25) is 24.3 Å². The van der Waals surface area contributed by atoms with Gasteiger partial charge in [0.15, 0.2) is 0 Å². The highest BCUT2D eigenvalue weighted by Gasteiger charge is 2.54. The number of hydrogen-bond acceptors (Lipinski definition) is 5. The molecule has 0 radical (unpaired) electrons. The third-order valence-electron chi connectivity index (χ3n) is 7.24. The number of nitrogens with zero attached hydrogens (tertiary/aromatic N) is 4. The molecule has 0 bridgehead atoms. The maximum atomic E-state index is 13.9. The molecule has 0 unspecified atom stereocenters. The Bertz CT molecular complexity index is 1030. The number of amides is 3. The molecule has 0 saturated carbocycles. The summed E-state index contributed by atoms with van der Waals surface area (Å²) < 4.78 is 0. The van der Waals surface area contributed by atoms with Crippen LogP contribution in [0.3, 0.4) is 0 Å². The van der Waals surface area contributed by atoms with Crippen molar-refractivity contribution in [2.45, 2.75) is 50.6 Å². The number of aromatic nitrogens is 1. The number of aryl methyl sites for hydroxylation is 1. The lowest BCUT2D eigenvalue weighted by atomic mass is 9.73. The monoisotopic (exact) mass is 448 g/mol. The Morgan fingerprint density at radius 2 is 1.79 bits per heavy atom. The van der Waals surface area contributed by atoms with Crippen LogP contribution >= 0.6 is 0 Å². The second kappa shape index (κ2) is 9.43. The number of carbonyl (C=O) groups excluding carboxylic acids is 3. The summed E-state index contributed by atoms with van der Waals surface area (Å²) in [6.07, 6.45) is 5.13. The average Bonchev–Trinajstić information content (AvgIpc) is 3.04. The number of hydrogen-bond donors (Lipinski definition) is 0. The molecule has 7 nitrogen and oxygen atoms in total. The number of likely N-dealkylation sites (tertiary alicyclic amines) is 2. The number of rotatable bonds is 6. The molecule has 2 aliphatic rings. The Hall–Kier alpha value is -3.06. The number of benzene rings is 1. The molecule has 2 aliphatic heterocycles. The first-order valence-corrected chi connectivity index (χ1v) is 11.6. The van der Waals surface area contributed by atoms with E-state index in [1.807, 2.05) is 38.2 Å². The summed E-state index contributed by atoms with van der Waals surface area (Å²) in [5, 5.41) is 0. The van der Waals surface area contributed by atoms with Gasteiger partial charge in [0.2, 0.25) is 17.7 Å². The van der Waals surface area contributed by atoms with Gasteiger partial charge < -0.3 is 9.80 Å². The van der Waals surface area contributed by atoms with E-state index in [2.05, 4.69) is 16.9 Å². The third-order valence-corrected chi connectivity index (χ3v) is 7.24. The van der Waals surface area contributed by atoms with Crippen molar-refractivity contribution in [3.05, 3.63) is 65.5 Å². The second-order valence-corrected chi connectivity index (χ2v) is 9.43. The van der Waals surface area contributed by atoms with Crippen molar-refractivity contribution < 1.29 is 14.4 Å².